The SMILES string of the molecule is C/C=C1/CN2[C@H]3C[C@@H]1[C@@H](CO)[C@@H]2Cc1c3n(C)c2ccc3c(c12)C[C@H]1[C@@H]2C[C@@H]4c5c(c6ccccc6n5C)C[C@H]([C@@H]2CO[C@@]1(C)O3)N4C. The van der Waals surface area contributed by atoms with Gasteiger partial charge >= 0.3 is 0 Å². The summed E-state index contributed by atoms with van der Waals surface area (Å²) >= 11 is 0. The molecule has 8 aliphatic rings. The molecule has 0 amide bonds. The van der Waals surface area contributed by atoms with E-state index >= 15 is 0 Å². The van der Waals surface area contributed by atoms with Crippen molar-refractivity contribution in [3.8, 4) is 5.75 Å². The zero-order chi connectivity index (χ0) is 32.4. The summed E-state index contributed by atoms with van der Waals surface area (Å²) in [6.07, 6.45) is 7.68. The summed E-state index contributed by atoms with van der Waals surface area (Å²) in [6, 6.07) is 15.2. The van der Waals surface area contributed by atoms with Crippen LogP contribution in [0.1, 0.15) is 66.9 Å². The molecule has 7 heteroatoms. The Kier molecular flexibility index (Phi) is 5.72. The fourth-order valence-electron chi connectivity index (χ4n) is 12.9. The number of hydrogen-bond donors (Lipinski definition) is 1. The van der Waals surface area contributed by atoms with E-state index in [0.717, 1.165) is 51.0 Å². The van der Waals surface area contributed by atoms with Crippen LogP contribution in [0.3, 0.4) is 0 Å². The van der Waals surface area contributed by atoms with Crippen LogP contribution in [0.15, 0.2) is 48.0 Å². The first kappa shape index (κ1) is 28.7. The number of hydrogen-bond acceptors (Lipinski definition) is 5. The molecular formula is C41H48N4O3. The Morgan fingerprint density at radius 3 is 2.50 bits per heavy atom. The molecule has 6 bridgehead atoms. The Hall–Kier alpha value is -3.10. The summed E-state index contributed by atoms with van der Waals surface area (Å²) in [5.41, 5.74) is 11.8. The van der Waals surface area contributed by atoms with E-state index in [2.05, 4.69) is 96.4 Å². The van der Waals surface area contributed by atoms with Crippen molar-refractivity contribution in [1.29, 1.82) is 0 Å². The number of aromatic nitrogens is 2. The third-order valence-corrected chi connectivity index (χ3v) is 15.1. The minimum absolute atomic E-state index is 0.271. The van der Waals surface area contributed by atoms with Crippen LogP contribution < -0.4 is 4.74 Å². The van der Waals surface area contributed by atoms with Crippen molar-refractivity contribution in [2.45, 2.75) is 75.9 Å². The van der Waals surface area contributed by atoms with Gasteiger partial charge in [-0.3, -0.25) is 9.80 Å². The van der Waals surface area contributed by atoms with E-state index in [1.807, 2.05) is 0 Å². The van der Waals surface area contributed by atoms with Gasteiger partial charge in [-0.05, 0) is 87.2 Å². The normalized spacial score (nSPS) is 39.9. The zero-order valence-corrected chi connectivity index (χ0v) is 28.9. The maximum absolute atomic E-state index is 10.7. The maximum atomic E-state index is 10.7. The van der Waals surface area contributed by atoms with Crippen molar-refractivity contribution in [1.82, 2.24) is 18.9 Å². The monoisotopic (exact) mass is 644 g/mol. The van der Waals surface area contributed by atoms with E-state index in [1.54, 1.807) is 5.56 Å². The fraction of sp³-hybridized carbons (Fsp3) is 0.561. The molecule has 0 radical (unpaired) electrons. The predicted octanol–water partition coefficient (Wildman–Crippen LogP) is 6.06. The van der Waals surface area contributed by atoms with Gasteiger partial charge in [-0.1, -0.05) is 29.8 Å². The molecule has 5 saturated heterocycles. The number of fused-ring (bicyclic) bond motifs is 16. The van der Waals surface area contributed by atoms with Gasteiger partial charge in [0.15, 0.2) is 0 Å². The van der Waals surface area contributed by atoms with Gasteiger partial charge in [-0.2, -0.15) is 0 Å². The molecule has 250 valence electrons. The van der Waals surface area contributed by atoms with Gasteiger partial charge in [0.1, 0.15) is 5.75 Å². The molecule has 0 aliphatic carbocycles. The first-order valence-electron chi connectivity index (χ1n) is 18.6. The second-order valence-electron chi connectivity index (χ2n) is 16.6. The predicted molar refractivity (Wildman–Crippen MR) is 187 cm³/mol. The van der Waals surface area contributed by atoms with Crippen LogP contribution in [0.4, 0.5) is 0 Å². The second kappa shape index (κ2) is 9.57. The van der Waals surface area contributed by atoms with Crippen LogP contribution in [-0.4, -0.2) is 68.7 Å². The highest BCUT2D eigenvalue weighted by molar-refractivity contribution is 5.92. The Labute approximate surface area is 283 Å². The minimum Gasteiger partial charge on any atom is -0.462 e. The summed E-state index contributed by atoms with van der Waals surface area (Å²) in [5.74, 6) is 2.52. The van der Waals surface area contributed by atoms with Gasteiger partial charge in [0.05, 0.1) is 18.7 Å². The Bertz CT molecular complexity index is 2070. The summed E-state index contributed by atoms with van der Waals surface area (Å²) in [7, 11) is 6.94. The highest BCUT2D eigenvalue weighted by Crippen LogP contribution is 2.59. The number of likely N-dealkylation sites (N-methyl/N-ethyl adjacent to an activating group) is 1. The van der Waals surface area contributed by atoms with Crippen molar-refractivity contribution < 1.29 is 14.6 Å². The summed E-state index contributed by atoms with van der Waals surface area (Å²) < 4.78 is 19.0. The topological polar surface area (TPSA) is 55.0 Å². The number of ether oxygens (including phenoxy) is 2. The lowest BCUT2D eigenvalue weighted by atomic mass is 9.61. The van der Waals surface area contributed by atoms with Crippen molar-refractivity contribution in [3.63, 3.8) is 0 Å². The average molecular weight is 645 g/mol. The first-order chi connectivity index (χ1) is 23.3. The molecule has 1 unspecified atom stereocenters. The number of nitrogens with zero attached hydrogens (tertiary/aromatic N) is 4. The molecule has 0 spiro atoms. The molecule has 10 heterocycles. The summed E-state index contributed by atoms with van der Waals surface area (Å²) in [5, 5.41) is 13.5. The zero-order valence-electron chi connectivity index (χ0n) is 28.9. The van der Waals surface area contributed by atoms with Crippen LogP contribution in [0.25, 0.3) is 21.8 Å². The number of aliphatic hydroxyl groups is 1. The lowest BCUT2D eigenvalue weighted by Crippen LogP contribution is -2.64. The smallest absolute Gasteiger partial charge is 0.211 e. The maximum Gasteiger partial charge on any atom is 0.211 e. The van der Waals surface area contributed by atoms with Crippen molar-refractivity contribution >= 4 is 21.8 Å². The van der Waals surface area contributed by atoms with Crippen LogP contribution in [-0.2, 0) is 38.1 Å². The molecular weight excluding hydrogens is 596 g/mol. The first-order valence-corrected chi connectivity index (χ1v) is 18.6. The van der Waals surface area contributed by atoms with Gasteiger partial charge in [-0.15, -0.1) is 0 Å². The van der Waals surface area contributed by atoms with Gasteiger partial charge in [-0.25, -0.2) is 0 Å². The van der Waals surface area contributed by atoms with E-state index in [1.165, 1.54) is 49.9 Å². The number of allylic oxidation sites excluding steroid dienone is 1. The van der Waals surface area contributed by atoms with Gasteiger partial charge < -0.3 is 23.7 Å². The Morgan fingerprint density at radius 1 is 0.875 bits per heavy atom. The molecule has 2 aromatic heterocycles. The van der Waals surface area contributed by atoms with E-state index < -0.39 is 5.79 Å². The molecule has 12 rings (SSSR count). The molecule has 11 atom stereocenters. The lowest BCUT2D eigenvalue weighted by Gasteiger charge is -2.59. The number of aliphatic hydroxyl groups excluding tert-OH is 1. The largest absolute Gasteiger partial charge is 0.462 e. The van der Waals surface area contributed by atoms with Crippen molar-refractivity contribution in [2.75, 3.05) is 26.8 Å². The highest BCUT2D eigenvalue weighted by Gasteiger charge is 2.59. The summed E-state index contributed by atoms with van der Waals surface area (Å²) in [6.45, 7) is 6.49. The second-order valence-corrected chi connectivity index (χ2v) is 16.6. The van der Waals surface area contributed by atoms with Gasteiger partial charge in [0, 0.05) is 103 Å². The van der Waals surface area contributed by atoms with E-state index in [4.69, 9.17) is 9.47 Å². The third kappa shape index (κ3) is 3.35. The lowest BCUT2D eigenvalue weighted by molar-refractivity contribution is -0.280. The van der Waals surface area contributed by atoms with Crippen LogP contribution in [0.2, 0.25) is 0 Å². The molecule has 5 fully saturated rings. The average Bonchev–Trinajstić information content (AvgIpc) is 3.53. The quantitative estimate of drug-likeness (QED) is 0.256. The standard InChI is InChI=1S/C41H48N4O3/c1-6-21-18-45-34-17-27-38-26-13-30-24-15-35-39-25(22-9-7-8-10-31(22)43(39)4)16-33(42(35)3)29(24)20-47-41(30,2)48-37(26)12-11-32(38)44(5)40(27)36(45)14-23(21)28(34)19-46/h6-12,23-24,28-30,33-36,46H,13-20H2,1-5H3/b21-6-/t23-,24+,28+,29+,30-,33+,34-,35+,36-,41-/m0/s1. The number of piperidine rings is 4. The van der Waals surface area contributed by atoms with E-state index in [0.29, 0.717) is 53.8 Å². The minimum atomic E-state index is -0.616. The van der Waals surface area contributed by atoms with Crippen molar-refractivity contribution in [3.05, 3.63) is 76.1 Å². The van der Waals surface area contributed by atoms with Crippen LogP contribution >= 0.6 is 0 Å². The molecule has 8 aliphatic heterocycles. The Balaban J connectivity index is 1.02. The van der Waals surface area contributed by atoms with Crippen molar-refractivity contribution in [2.24, 2.45) is 43.7 Å². The molecule has 2 aromatic carbocycles. The highest BCUT2D eigenvalue weighted by atomic mass is 16.7. The fourth-order valence-corrected chi connectivity index (χ4v) is 12.9. The van der Waals surface area contributed by atoms with Gasteiger partial charge in [0.2, 0.25) is 5.79 Å². The number of aryl methyl sites for hydroxylation is 2. The summed E-state index contributed by atoms with van der Waals surface area (Å²) in [4.78, 5) is 5.42. The molecule has 7 nitrogen and oxygen atoms in total. The third-order valence-electron chi connectivity index (χ3n) is 15.1. The molecule has 0 saturated carbocycles. The molecule has 48 heavy (non-hydrogen) atoms. The molecule has 4 aromatic rings. The number of rotatable bonds is 1. The Morgan fingerprint density at radius 2 is 1.67 bits per heavy atom. The number of para-hydroxylation sites is 1. The van der Waals surface area contributed by atoms with Crippen LogP contribution in [0, 0.1) is 29.6 Å². The van der Waals surface area contributed by atoms with Crippen LogP contribution in [0.5, 0.6) is 5.75 Å². The number of benzene rings is 2. The van der Waals surface area contributed by atoms with E-state index in [-0.39, 0.29) is 6.61 Å². The molecule has 1 N–H and O–H groups in total. The van der Waals surface area contributed by atoms with E-state index in [9.17, 15) is 5.11 Å². The van der Waals surface area contributed by atoms with Gasteiger partial charge in [0.25, 0.3) is 0 Å².